The van der Waals surface area contributed by atoms with Gasteiger partial charge in [0.1, 0.15) is 6.07 Å². The van der Waals surface area contributed by atoms with E-state index >= 15 is 0 Å². The summed E-state index contributed by atoms with van der Waals surface area (Å²) in [6.07, 6.45) is 3.44. The minimum atomic E-state index is 0.0917. The molecule has 0 bridgehead atoms. The first-order chi connectivity index (χ1) is 9.24. The van der Waals surface area contributed by atoms with E-state index in [9.17, 15) is 5.26 Å². The summed E-state index contributed by atoms with van der Waals surface area (Å²) in [4.78, 5) is 8.35. The number of hydrogen-bond acceptors (Lipinski definition) is 4. The van der Waals surface area contributed by atoms with Crippen molar-refractivity contribution in [1.82, 2.24) is 9.80 Å². The number of thiocarbonyl (C=S) groups is 1. The summed E-state index contributed by atoms with van der Waals surface area (Å²) in [5.74, 6) is 0.645. The van der Waals surface area contributed by atoms with Crippen LogP contribution >= 0.6 is 12.2 Å². The molecule has 1 unspecified atom stereocenters. The molecule has 0 aromatic heterocycles. The monoisotopic (exact) mass is 278 g/mol. The average molecular weight is 278 g/mol. The molecule has 2 rings (SSSR count). The Kier molecular flexibility index (Phi) is 4.38. The van der Waals surface area contributed by atoms with Crippen LogP contribution in [0.25, 0.3) is 0 Å². The molecule has 5 nitrogen and oxygen atoms in total. The minimum Gasteiger partial charge on any atom is -0.483 e. The van der Waals surface area contributed by atoms with E-state index in [0.29, 0.717) is 24.5 Å². The van der Waals surface area contributed by atoms with Gasteiger partial charge >= 0.3 is 0 Å². The van der Waals surface area contributed by atoms with Crippen molar-refractivity contribution in [1.29, 1.82) is 5.26 Å². The highest BCUT2D eigenvalue weighted by Gasteiger charge is 2.39. The lowest BCUT2D eigenvalue weighted by Gasteiger charge is -2.39. The number of fused-ring (bicyclic) bond motifs is 1. The molecule has 19 heavy (non-hydrogen) atoms. The van der Waals surface area contributed by atoms with Gasteiger partial charge in [-0.2, -0.15) is 5.26 Å². The van der Waals surface area contributed by atoms with E-state index in [-0.39, 0.29) is 6.04 Å². The van der Waals surface area contributed by atoms with E-state index in [4.69, 9.17) is 17.0 Å². The van der Waals surface area contributed by atoms with Gasteiger partial charge in [0.2, 0.25) is 0 Å². The first kappa shape index (κ1) is 13.8. The standard InChI is InChI=1S/C13H18N4OS/c1-3-16-12(15-9-18-4-2)10(8-14)11-6-5-7-17(11)13(16)19/h9,11H,3-7H2,1-2H3/b15-9+. The zero-order valence-electron chi connectivity index (χ0n) is 11.3. The molecule has 0 saturated carbocycles. The van der Waals surface area contributed by atoms with E-state index in [1.807, 2.05) is 18.7 Å². The molecule has 1 atom stereocenters. The van der Waals surface area contributed by atoms with Gasteiger partial charge in [-0.15, -0.1) is 0 Å². The number of rotatable bonds is 4. The molecule has 1 fully saturated rings. The molecule has 2 aliphatic heterocycles. The number of aliphatic imine (C=N–C) groups is 1. The summed E-state index contributed by atoms with van der Waals surface area (Å²) >= 11 is 5.51. The summed E-state index contributed by atoms with van der Waals surface area (Å²) in [6.45, 7) is 6.09. The third-order valence-corrected chi connectivity index (χ3v) is 3.87. The van der Waals surface area contributed by atoms with Crippen molar-refractivity contribution < 1.29 is 4.74 Å². The number of ether oxygens (including phenoxy) is 1. The average Bonchev–Trinajstić information content (AvgIpc) is 2.89. The predicted molar refractivity (Wildman–Crippen MR) is 77.5 cm³/mol. The summed E-state index contributed by atoms with van der Waals surface area (Å²) in [7, 11) is 0. The van der Waals surface area contributed by atoms with Crippen LogP contribution in [0.5, 0.6) is 0 Å². The van der Waals surface area contributed by atoms with Crippen LogP contribution < -0.4 is 0 Å². The summed E-state index contributed by atoms with van der Waals surface area (Å²) < 4.78 is 5.15. The van der Waals surface area contributed by atoms with Gasteiger partial charge in [0, 0.05) is 13.1 Å². The largest absolute Gasteiger partial charge is 0.483 e. The molecule has 0 aliphatic carbocycles. The molecule has 2 aliphatic rings. The second-order valence-electron chi connectivity index (χ2n) is 4.42. The molecule has 0 amide bonds. The molecular formula is C13H18N4OS. The number of nitriles is 1. The van der Waals surface area contributed by atoms with Crippen molar-refractivity contribution in [3.8, 4) is 6.07 Å². The lowest BCUT2D eigenvalue weighted by molar-refractivity contribution is 0.328. The van der Waals surface area contributed by atoms with Crippen molar-refractivity contribution in [2.45, 2.75) is 32.7 Å². The van der Waals surface area contributed by atoms with Crippen molar-refractivity contribution >= 4 is 23.7 Å². The molecule has 102 valence electrons. The van der Waals surface area contributed by atoms with Gasteiger partial charge in [0.05, 0.1) is 18.2 Å². The lowest BCUT2D eigenvalue weighted by atomic mass is 10.0. The fourth-order valence-electron chi connectivity index (χ4n) is 2.55. The Morgan fingerprint density at radius 2 is 2.37 bits per heavy atom. The summed E-state index contributed by atoms with van der Waals surface area (Å²) in [6, 6.07) is 2.40. The lowest BCUT2D eigenvalue weighted by Crippen LogP contribution is -2.50. The zero-order chi connectivity index (χ0) is 13.8. The maximum absolute atomic E-state index is 9.45. The Morgan fingerprint density at radius 3 is 3.00 bits per heavy atom. The topological polar surface area (TPSA) is 51.9 Å². The van der Waals surface area contributed by atoms with Crippen LogP contribution in [0.1, 0.15) is 26.7 Å². The van der Waals surface area contributed by atoms with Crippen molar-refractivity contribution in [3.05, 3.63) is 11.4 Å². The van der Waals surface area contributed by atoms with Gasteiger partial charge < -0.3 is 14.5 Å². The van der Waals surface area contributed by atoms with Crippen LogP contribution in [0.2, 0.25) is 0 Å². The number of nitrogens with zero attached hydrogens (tertiary/aromatic N) is 4. The fourth-order valence-corrected chi connectivity index (χ4v) is 2.98. The van der Waals surface area contributed by atoms with E-state index in [2.05, 4.69) is 16.0 Å². The highest BCUT2D eigenvalue weighted by molar-refractivity contribution is 7.80. The van der Waals surface area contributed by atoms with E-state index < -0.39 is 0 Å². The predicted octanol–water partition coefficient (Wildman–Crippen LogP) is 1.87. The van der Waals surface area contributed by atoms with Crippen LogP contribution in [0.4, 0.5) is 0 Å². The van der Waals surface area contributed by atoms with Gasteiger partial charge in [-0.05, 0) is 38.9 Å². The van der Waals surface area contributed by atoms with Crippen molar-refractivity contribution in [3.63, 3.8) is 0 Å². The molecule has 0 radical (unpaired) electrons. The van der Waals surface area contributed by atoms with Crippen LogP contribution in [0, 0.1) is 11.3 Å². The summed E-state index contributed by atoms with van der Waals surface area (Å²) in [5.41, 5.74) is 0.698. The molecule has 0 aromatic carbocycles. The van der Waals surface area contributed by atoms with Crippen LogP contribution in [-0.2, 0) is 4.74 Å². The SMILES string of the molecule is CCO/C=N/C1=C(C#N)C2CCCN2C(=S)N1CC. The highest BCUT2D eigenvalue weighted by Crippen LogP contribution is 2.33. The van der Waals surface area contributed by atoms with Crippen LogP contribution in [0.3, 0.4) is 0 Å². The maximum Gasteiger partial charge on any atom is 0.177 e. The quantitative estimate of drug-likeness (QED) is 0.446. The fraction of sp³-hybridized carbons (Fsp3) is 0.615. The Bertz CT molecular complexity index is 466. The third kappa shape index (κ3) is 2.43. The van der Waals surface area contributed by atoms with Gasteiger partial charge in [0.25, 0.3) is 0 Å². The minimum absolute atomic E-state index is 0.0917. The zero-order valence-corrected chi connectivity index (χ0v) is 12.1. The Hall–Kier alpha value is -1.61. The maximum atomic E-state index is 9.45. The van der Waals surface area contributed by atoms with E-state index in [0.717, 1.165) is 24.5 Å². The van der Waals surface area contributed by atoms with Gasteiger partial charge in [-0.25, -0.2) is 4.99 Å². The summed E-state index contributed by atoms with van der Waals surface area (Å²) in [5, 5.41) is 10.2. The molecular weight excluding hydrogens is 260 g/mol. The molecule has 0 N–H and O–H groups in total. The van der Waals surface area contributed by atoms with Crippen LogP contribution in [0.15, 0.2) is 16.4 Å². The van der Waals surface area contributed by atoms with Crippen molar-refractivity contribution in [2.75, 3.05) is 19.7 Å². The second-order valence-corrected chi connectivity index (χ2v) is 4.78. The highest BCUT2D eigenvalue weighted by atomic mass is 32.1. The van der Waals surface area contributed by atoms with Gasteiger partial charge in [0.15, 0.2) is 17.3 Å². The first-order valence-corrected chi connectivity index (χ1v) is 7.01. The Labute approximate surface area is 119 Å². The van der Waals surface area contributed by atoms with Gasteiger partial charge in [-0.1, -0.05) is 0 Å². The smallest absolute Gasteiger partial charge is 0.177 e. The third-order valence-electron chi connectivity index (χ3n) is 3.41. The van der Waals surface area contributed by atoms with E-state index in [1.165, 1.54) is 6.40 Å². The second kappa shape index (κ2) is 6.02. The molecule has 0 aromatic rings. The molecule has 1 saturated heterocycles. The Morgan fingerprint density at radius 1 is 1.58 bits per heavy atom. The Balaban J connectivity index is 2.41. The molecule has 2 heterocycles. The number of hydrogen-bond donors (Lipinski definition) is 0. The normalized spacial score (nSPS) is 23.0. The van der Waals surface area contributed by atoms with Crippen molar-refractivity contribution in [2.24, 2.45) is 4.99 Å². The molecule has 6 heteroatoms. The molecule has 0 spiro atoms. The van der Waals surface area contributed by atoms with Crippen LogP contribution in [-0.4, -0.2) is 47.1 Å². The first-order valence-electron chi connectivity index (χ1n) is 6.61. The van der Waals surface area contributed by atoms with Gasteiger partial charge in [-0.3, -0.25) is 0 Å². The van der Waals surface area contributed by atoms with E-state index in [1.54, 1.807) is 0 Å².